The first-order valence-electron chi connectivity index (χ1n) is 45.7. The second kappa shape index (κ2) is 30.9. The molecule has 2 unspecified atom stereocenters. The summed E-state index contributed by atoms with van der Waals surface area (Å²) in [6, 6.07) is 158. The van der Waals surface area contributed by atoms with Gasteiger partial charge in [-0.15, -0.1) is 0 Å². The van der Waals surface area contributed by atoms with Crippen LogP contribution < -0.4 is 19.3 Å². The Morgan fingerprint density at radius 3 is 0.815 bits per heavy atom. The topological polar surface area (TPSA) is 51.2 Å². The summed E-state index contributed by atoms with van der Waals surface area (Å²) in [4.78, 5) is 4.87. The van der Waals surface area contributed by atoms with Gasteiger partial charge in [0.25, 0.3) is 0 Å². The number of hydrogen-bond acceptors (Lipinski definition) is 6. The number of halogens is 2. The Kier molecular flexibility index (Phi) is 18.0. The van der Waals surface area contributed by atoms with Crippen molar-refractivity contribution in [2.75, 3.05) is 9.80 Å². The van der Waals surface area contributed by atoms with E-state index in [2.05, 4.69) is 326 Å². The Hall–Kier alpha value is -17.5. The van der Waals surface area contributed by atoms with Crippen molar-refractivity contribution in [1.82, 2.24) is 0 Å². The van der Waals surface area contributed by atoms with Crippen molar-refractivity contribution in [2.45, 2.75) is 16.2 Å². The van der Waals surface area contributed by atoms with Crippen molar-refractivity contribution in [3.8, 4) is 89.8 Å². The Labute approximate surface area is 779 Å². The second-order valence-corrected chi connectivity index (χ2v) is 35.5. The van der Waals surface area contributed by atoms with E-state index in [4.69, 9.17) is 18.3 Å². The molecule has 0 saturated heterocycles. The third kappa shape index (κ3) is 12.0. The third-order valence-corrected chi connectivity index (χ3v) is 28.7. The summed E-state index contributed by atoms with van der Waals surface area (Å²) >= 11 is 0. The SMILES string of the molecule is C=Cc1ccc(Oc2ccc(C3(c4ccc(F)cc4)c4ccccc4-c4ccc(N(c5ccc(-c6cccc7oc8ccccc8c67)cc5)c5ccc6c(c5)C5(c7ccccc7-6)c6ccccc6-c6ccc(N(c7ccc(-c8cccc9oc%10ccccc%10c89)cc7)c7ccc8c(c7)C(c7ccc(F)cc7)(c7ccc(Oc9ccc(C=C)cc9)cc7)c7ccccc7-8)cc65)cc43)cc2)cc1. The lowest BCUT2D eigenvalue weighted by molar-refractivity contribution is 0.482. The molecule has 636 valence electrons. The average Bonchev–Trinajstić information content (AvgIpc) is 1.52. The van der Waals surface area contributed by atoms with Crippen LogP contribution in [0.5, 0.6) is 23.0 Å². The molecule has 2 atom stereocenters. The zero-order valence-corrected chi connectivity index (χ0v) is 73.1. The quantitative estimate of drug-likeness (QED) is 0.0853. The van der Waals surface area contributed by atoms with Crippen molar-refractivity contribution in [3.05, 3.63) is 552 Å². The Morgan fingerprint density at radius 1 is 0.222 bits per heavy atom. The highest BCUT2D eigenvalue weighted by Gasteiger charge is 2.54. The molecule has 6 nitrogen and oxygen atoms in total. The maximum atomic E-state index is 15.8. The van der Waals surface area contributed by atoms with Crippen LogP contribution in [-0.2, 0) is 16.2 Å². The van der Waals surface area contributed by atoms with Gasteiger partial charge in [0, 0.05) is 55.7 Å². The van der Waals surface area contributed by atoms with Gasteiger partial charge in [-0.2, -0.15) is 0 Å². The molecular formula is C127H80F2N2O4. The molecule has 0 N–H and O–H groups in total. The largest absolute Gasteiger partial charge is 0.457 e. The molecule has 0 fully saturated rings. The highest BCUT2D eigenvalue weighted by molar-refractivity contribution is 6.14. The molecule has 0 saturated carbocycles. The minimum absolute atomic E-state index is 0.320. The summed E-state index contributed by atoms with van der Waals surface area (Å²) in [5, 5.41) is 4.24. The van der Waals surface area contributed by atoms with Crippen molar-refractivity contribution >= 4 is 90.2 Å². The maximum Gasteiger partial charge on any atom is 0.136 e. The fourth-order valence-electron chi connectivity index (χ4n) is 22.9. The minimum Gasteiger partial charge on any atom is -0.457 e. The fourth-order valence-corrected chi connectivity index (χ4v) is 22.9. The number of para-hydroxylation sites is 2. The van der Waals surface area contributed by atoms with Crippen LogP contribution in [-0.4, -0.2) is 0 Å². The monoisotopic (exact) mass is 1730 g/mol. The van der Waals surface area contributed by atoms with Crippen molar-refractivity contribution < 1.29 is 27.1 Å². The van der Waals surface area contributed by atoms with E-state index >= 15 is 8.78 Å². The number of nitrogens with zero attached hydrogens (tertiary/aromatic N) is 2. The molecule has 0 radical (unpaired) electrons. The highest BCUT2D eigenvalue weighted by Crippen LogP contribution is 2.66. The van der Waals surface area contributed by atoms with Gasteiger partial charge in [0.05, 0.1) is 16.2 Å². The number of hydrogen-bond donors (Lipinski definition) is 0. The van der Waals surface area contributed by atoms with Gasteiger partial charge in [-0.1, -0.05) is 304 Å². The maximum absolute atomic E-state index is 15.8. The molecule has 2 aromatic heterocycles. The molecule has 26 rings (SSSR count). The third-order valence-electron chi connectivity index (χ3n) is 28.7. The van der Waals surface area contributed by atoms with Crippen molar-refractivity contribution in [2.24, 2.45) is 0 Å². The van der Waals surface area contributed by atoms with E-state index in [1.54, 1.807) is 24.3 Å². The summed E-state index contributed by atoms with van der Waals surface area (Å²) in [5.74, 6) is 2.13. The average molecular weight is 1740 g/mol. The molecule has 4 aliphatic rings. The van der Waals surface area contributed by atoms with Gasteiger partial charge in [0.1, 0.15) is 57.0 Å². The number of ether oxygens (including phenoxy) is 2. The van der Waals surface area contributed by atoms with Crippen LogP contribution in [0, 0.1) is 11.6 Å². The summed E-state index contributed by atoms with van der Waals surface area (Å²) < 4.78 is 57.9. The number of rotatable bonds is 18. The molecule has 0 bridgehead atoms. The fraction of sp³-hybridized carbons (Fsp3) is 0.0236. The molecular weight excluding hydrogens is 1660 g/mol. The number of furan rings is 2. The number of benzene rings is 20. The molecule has 2 heterocycles. The smallest absolute Gasteiger partial charge is 0.136 e. The van der Waals surface area contributed by atoms with Gasteiger partial charge in [0.15, 0.2) is 0 Å². The Balaban J connectivity index is 0.679. The van der Waals surface area contributed by atoms with E-state index in [0.717, 1.165) is 212 Å². The Morgan fingerprint density at radius 2 is 0.481 bits per heavy atom. The van der Waals surface area contributed by atoms with Crippen LogP contribution in [0.2, 0.25) is 0 Å². The standard InChI is InChI=1S/C127H80F2N2O4/c1-3-79-35-63-95(64-36-79)132-97-67-47-85(48-68-97)125(83-43-51-87(128)52-44-83)111-27-11-5-19-101(111)105-71-59-91(75-115(105)125)130(89-55-39-81(40-56-89)99-25-17-33-121-123(99)109-23-9-15-31-119(109)134-121)93-61-73-107-103-21-7-13-29-113(103)127(117(107)77-93)114-30-14-8-22-104(114)108-74-62-94(78-118(108)127)131(90-57-41-82(42-58-90)100-26-18-34-122-124(100)110-24-10-16-32-120(110)135-122)92-60-72-106-102-20-6-12-28-112(102)126(116(106)76-92,84-45-53-88(129)54-46-84)86-49-69-98(70-50-86)133-96-65-37-80(4-2)38-66-96/h3-78H,1-2H2. The molecule has 22 aromatic rings. The van der Waals surface area contributed by atoms with Crippen molar-refractivity contribution in [3.63, 3.8) is 0 Å². The summed E-state index contributed by atoms with van der Waals surface area (Å²) in [6.45, 7) is 7.95. The first-order valence-corrected chi connectivity index (χ1v) is 45.7. The lowest BCUT2D eigenvalue weighted by atomic mass is 9.67. The molecule has 135 heavy (non-hydrogen) atoms. The Bertz CT molecular complexity index is 8090. The van der Waals surface area contributed by atoms with E-state index in [9.17, 15) is 0 Å². The number of fused-ring (bicyclic) bond motifs is 22. The lowest BCUT2D eigenvalue weighted by Crippen LogP contribution is -2.29. The van der Waals surface area contributed by atoms with Crippen LogP contribution in [0.1, 0.15) is 77.9 Å². The van der Waals surface area contributed by atoms with Gasteiger partial charge >= 0.3 is 0 Å². The van der Waals surface area contributed by atoms with E-state index < -0.39 is 16.2 Å². The lowest BCUT2D eigenvalue weighted by Gasteiger charge is -2.36. The highest BCUT2D eigenvalue weighted by atomic mass is 19.1. The van der Waals surface area contributed by atoms with Crippen LogP contribution in [0.4, 0.5) is 42.9 Å². The van der Waals surface area contributed by atoms with Gasteiger partial charge in [0.2, 0.25) is 0 Å². The van der Waals surface area contributed by atoms with Crippen molar-refractivity contribution in [1.29, 1.82) is 0 Å². The van der Waals surface area contributed by atoms with Crippen LogP contribution in [0.3, 0.4) is 0 Å². The summed E-state index contributed by atoms with van der Waals surface area (Å²) in [5.41, 5.74) is 33.9. The molecule has 0 amide bonds. The van der Waals surface area contributed by atoms with E-state index in [1.165, 1.54) is 11.1 Å². The first kappa shape index (κ1) is 78.6. The minimum atomic E-state index is -0.959. The molecule has 20 aromatic carbocycles. The van der Waals surface area contributed by atoms with Crippen LogP contribution >= 0.6 is 0 Å². The summed E-state index contributed by atoms with van der Waals surface area (Å²) in [6.07, 6.45) is 3.65. The van der Waals surface area contributed by atoms with Crippen LogP contribution in [0.15, 0.2) is 471 Å². The van der Waals surface area contributed by atoms with E-state index in [0.29, 0.717) is 23.0 Å². The molecule has 0 aliphatic heterocycles. The zero-order valence-electron chi connectivity index (χ0n) is 73.1. The van der Waals surface area contributed by atoms with Gasteiger partial charge in [-0.25, -0.2) is 8.78 Å². The van der Waals surface area contributed by atoms with Crippen LogP contribution in [0.25, 0.3) is 123 Å². The predicted molar refractivity (Wildman–Crippen MR) is 545 cm³/mol. The molecule has 8 heteroatoms. The molecule has 1 spiro atoms. The summed E-state index contributed by atoms with van der Waals surface area (Å²) in [7, 11) is 0. The number of anilines is 6. The van der Waals surface area contributed by atoms with Gasteiger partial charge in [-0.05, 0) is 315 Å². The second-order valence-electron chi connectivity index (χ2n) is 35.5. The van der Waals surface area contributed by atoms with E-state index in [-0.39, 0.29) is 11.6 Å². The van der Waals surface area contributed by atoms with Gasteiger partial charge < -0.3 is 28.1 Å². The van der Waals surface area contributed by atoms with Gasteiger partial charge in [-0.3, -0.25) is 0 Å². The van der Waals surface area contributed by atoms with E-state index in [1.807, 2.05) is 133 Å². The zero-order chi connectivity index (χ0) is 89.8. The normalized spacial score (nSPS) is 15.5. The molecule has 4 aliphatic carbocycles. The first-order chi connectivity index (χ1) is 66.6. The predicted octanol–water partition coefficient (Wildman–Crippen LogP) is 34.0.